The molecule has 0 aliphatic carbocycles. The van der Waals surface area contributed by atoms with Crippen molar-refractivity contribution < 1.29 is 18.6 Å². The first-order chi connectivity index (χ1) is 1.41. The summed E-state index contributed by atoms with van der Waals surface area (Å²) in [7, 11) is 0. The van der Waals surface area contributed by atoms with Crippen LogP contribution in [-0.4, -0.2) is 0 Å². The molecule has 0 atom stereocenters. The van der Waals surface area contributed by atoms with Gasteiger partial charge in [0.25, 0.3) is 0 Å². The molecule has 0 rings (SSSR count). The van der Waals surface area contributed by atoms with E-state index in [2.05, 4.69) is 12.5 Å². The van der Waals surface area contributed by atoms with Gasteiger partial charge in [0.1, 0.15) is 0 Å². The van der Waals surface area contributed by atoms with Crippen LogP contribution in [0.4, 0.5) is 0 Å². The van der Waals surface area contributed by atoms with Gasteiger partial charge < -0.3 is 19.2 Å². The molecular weight excluding hydrogens is 119 g/mol. The van der Waals surface area contributed by atoms with Gasteiger partial charge in [-0.1, -0.05) is 0 Å². The molecule has 0 aromatic carbocycles. The molecule has 0 amide bonds. The minimum Gasteiger partial charge on any atom is -0.726 e. The van der Waals surface area contributed by atoms with Crippen LogP contribution in [0.3, 0.4) is 0 Å². The zero-order chi connectivity index (χ0) is 2.71. The minimum atomic E-state index is 0. The summed E-state index contributed by atoms with van der Waals surface area (Å²) < 4.78 is 0. The Morgan fingerprint density at radius 3 is 1.60 bits per heavy atom. The molecule has 0 heterocycles. The van der Waals surface area contributed by atoms with E-state index in [0.717, 1.165) is 11.8 Å². The molecule has 0 aromatic rings. The van der Waals surface area contributed by atoms with Crippen molar-refractivity contribution in [3.05, 3.63) is 19.9 Å². The van der Waals surface area contributed by atoms with Gasteiger partial charge in [-0.25, -0.2) is 0 Å². The maximum Gasteiger partial charge on any atom is 2.00 e. The maximum absolute atomic E-state index is 4.65. The summed E-state index contributed by atoms with van der Waals surface area (Å²) in [6.07, 6.45) is 7.83. The third-order valence-corrected chi connectivity index (χ3v) is 0. The van der Waals surface area contributed by atoms with E-state index in [1.807, 2.05) is 0 Å². The fourth-order valence-corrected chi connectivity index (χ4v) is 0. The molecule has 0 aliphatic heterocycles. The van der Waals surface area contributed by atoms with Gasteiger partial charge in [0, 0.05) is 0 Å². The van der Waals surface area contributed by atoms with Crippen LogP contribution in [0.1, 0.15) is 0 Å². The molecule has 0 fully saturated rings. The van der Waals surface area contributed by atoms with Gasteiger partial charge in [-0.05, 0) is 6.26 Å². The largest absolute Gasteiger partial charge is 2.00 e. The number of thioether (sulfide) groups is 1. The molecule has 0 N–H and O–H groups in total. The van der Waals surface area contributed by atoms with E-state index < -0.39 is 0 Å². The Balaban J connectivity index is -0.0000000200. The standard InChI is InChI=1S/C2H3S.CH.V/c1-3-2;;/h1H,2H2;1H;/q2*-1;+2. The zero-order valence-corrected chi connectivity index (χ0v) is 4.93. The van der Waals surface area contributed by atoms with E-state index >= 15 is 0 Å². The van der Waals surface area contributed by atoms with Crippen molar-refractivity contribution >= 4 is 11.8 Å². The second-order valence-electron chi connectivity index (χ2n) is 0.167. The molecule has 27 valence electrons. The number of hydrogen-bond donors (Lipinski definition) is 0. The van der Waals surface area contributed by atoms with E-state index in [1.54, 1.807) is 0 Å². The Hall–Kier alpha value is 0.934. The Kier molecular flexibility index (Phi) is 68.5. The van der Waals surface area contributed by atoms with Crippen molar-refractivity contribution in [2.45, 2.75) is 0 Å². The molecule has 0 bridgehead atoms. The predicted molar refractivity (Wildman–Crippen MR) is 21.5 cm³/mol. The third-order valence-electron chi connectivity index (χ3n) is 0. The topological polar surface area (TPSA) is 0 Å². The summed E-state index contributed by atoms with van der Waals surface area (Å²) >= 11 is 1.000. The molecule has 0 unspecified atom stereocenters. The van der Waals surface area contributed by atoms with Crippen molar-refractivity contribution in [3.63, 3.8) is 0 Å². The van der Waals surface area contributed by atoms with Gasteiger partial charge in [-0.15, -0.1) is 0 Å². The Morgan fingerprint density at radius 2 is 1.60 bits per heavy atom. The zero-order valence-electron chi connectivity index (χ0n) is 2.72. The first-order valence-corrected chi connectivity index (χ1v) is 1.57. The molecule has 0 saturated carbocycles. The van der Waals surface area contributed by atoms with Crippen LogP contribution in [0, 0.1) is 19.9 Å². The molecule has 0 saturated heterocycles. The van der Waals surface area contributed by atoms with Crippen molar-refractivity contribution in [2.75, 3.05) is 0 Å². The summed E-state index contributed by atoms with van der Waals surface area (Å²) in [6.45, 7) is 0. The van der Waals surface area contributed by atoms with E-state index in [-0.39, 0.29) is 26.0 Å². The monoisotopic (exact) mass is 123 g/mol. The van der Waals surface area contributed by atoms with Crippen LogP contribution >= 0.6 is 11.8 Å². The van der Waals surface area contributed by atoms with Gasteiger partial charge in [0.2, 0.25) is 0 Å². The van der Waals surface area contributed by atoms with Crippen molar-refractivity contribution in [1.82, 2.24) is 0 Å². The van der Waals surface area contributed by atoms with E-state index in [1.165, 1.54) is 0 Å². The van der Waals surface area contributed by atoms with E-state index in [0.29, 0.717) is 0 Å². The van der Waals surface area contributed by atoms with Gasteiger partial charge in [-0.2, -0.15) is 0 Å². The average molecular weight is 123 g/mol. The summed E-state index contributed by atoms with van der Waals surface area (Å²) in [5, 5.41) is 0. The third kappa shape index (κ3) is 48.7. The van der Waals surface area contributed by atoms with Crippen LogP contribution in [0.5, 0.6) is 0 Å². The SMILES string of the molecule is [CH-].[CH]S[CH2-].[V+2]. The fourth-order valence-electron chi connectivity index (χ4n) is 0. The van der Waals surface area contributed by atoms with E-state index in [9.17, 15) is 0 Å². The fraction of sp³-hybridized carbons (Fsp3) is 0. The summed E-state index contributed by atoms with van der Waals surface area (Å²) in [6, 6.07) is 0. The molecule has 0 aliphatic rings. The predicted octanol–water partition coefficient (Wildman–Crippen LogP) is 1.38. The Labute approximate surface area is 50.6 Å². The maximum atomic E-state index is 4.65. The van der Waals surface area contributed by atoms with Gasteiger partial charge >= 0.3 is 18.6 Å². The van der Waals surface area contributed by atoms with Crippen LogP contribution in [0.25, 0.3) is 0 Å². The number of hydrogen-bond acceptors (Lipinski definition) is 1. The first-order valence-electron chi connectivity index (χ1n) is 0.524. The van der Waals surface area contributed by atoms with Crippen LogP contribution in [-0.2, 0) is 18.6 Å². The second-order valence-corrected chi connectivity index (χ2v) is 0.500. The average Bonchev–Trinajstić information content (AvgIpc) is 0.918. The molecular formula is C3H4SV. The Bertz CT molecular complexity index is 6.85. The molecule has 0 spiro atoms. The summed E-state index contributed by atoms with van der Waals surface area (Å²) in [5.41, 5.74) is 0. The molecule has 2 heteroatoms. The molecule has 5 radical (unpaired) electrons. The molecule has 0 nitrogen and oxygen atoms in total. The number of rotatable bonds is 0. The van der Waals surface area contributed by atoms with Crippen molar-refractivity contribution in [2.24, 2.45) is 0 Å². The minimum absolute atomic E-state index is 0. The van der Waals surface area contributed by atoms with Crippen LogP contribution < -0.4 is 0 Å². The summed E-state index contributed by atoms with van der Waals surface area (Å²) in [5.74, 6) is 0. The quantitative estimate of drug-likeness (QED) is 0.438. The Morgan fingerprint density at radius 1 is 1.60 bits per heavy atom. The summed E-state index contributed by atoms with van der Waals surface area (Å²) in [4.78, 5) is 0. The van der Waals surface area contributed by atoms with Crippen molar-refractivity contribution in [1.29, 1.82) is 0 Å². The van der Waals surface area contributed by atoms with Crippen LogP contribution in [0.15, 0.2) is 0 Å². The van der Waals surface area contributed by atoms with Gasteiger partial charge in [0.05, 0.1) is 0 Å². The molecule has 5 heavy (non-hydrogen) atoms. The second kappa shape index (κ2) is 20.4. The van der Waals surface area contributed by atoms with Gasteiger partial charge in [0.15, 0.2) is 0 Å². The normalized spacial score (nSPS) is 3.60. The smallest absolute Gasteiger partial charge is 0.726 e. The van der Waals surface area contributed by atoms with Gasteiger partial charge in [-0.3, -0.25) is 6.26 Å². The molecule has 0 aromatic heterocycles. The van der Waals surface area contributed by atoms with Crippen LogP contribution in [0.2, 0.25) is 0 Å². The first kappa shape index (κ1) is 16.8. The van der Waals surface area contributed by atoms with Crippen molar-refractivity contribution in [3.8, 4) is 0 Å². The van der Waals surface area contributed by atoms with E-state index in [4.69, 9.17) is 0 Å².